The zero-order valence-electron chi connectivity index (χ0n) is 7.88. The maximum Gasteiger partial charge on any atom is 0.263 e. The van der Waals surface area contributed by atoms with Crippen molar-refractivity contribution in [2.45, 2.75) is 6.54 Å². The Morgan fingerprint density at radius 2 is 1.94 bits per heavy atom. The van der Waals surface area contributed by atoms with Gasteiger partial charge in [0.2, 0.25) is 0 Å². The van der Waals surface area contributed by atoms with Crippen LogP contribution in [0.3, 0.4) is 0 Å². The molecule has 1 aromatic carbocycles. The van der Waals surface area contributed by atoms with Gasteiger partial charge in [-0.05, 0) is 12.1 Å². The van der Waals surface area contributed by atoms with Gasteiger partial charge in [-0.15, -0.1) is 0 Å². The van der Waals surface area contributed by atoms with Crippen LogP contribution in [-0.2, 0) is 6.54 Å². The molecule has 0 radical (unpaired) electrons. The molecule has 16 heavy (non-hydrogen) atoms. The van der Waals surface area contributed by atoms with Crippen LogP contribution in [0.2, 0.25) is 0 Å². The van der Waals surface area contributed by atoms with Crippen molar-refractivity contribution in [2.24, 2.45) is 5.73 Å². The molecule has 0 spiro atoms. The Kier molecular flexibility index (Phi) is 2.97. The SMILES string of the molecule is NCc1noc(-c2c(F)cc(Br)cc2F)n1. The Labute approximate surface area is 97.6 Å². The molecule has 0 amide bonds. The summed E-state index contributed by atoms with van der Waals surface area (Å²) in [5, 5.41) is 3.46. The molecule has 0 aliphatic heterocycles. The summed E-state index contributed by atoms with van der Waals surface area (Å²) in [6, 6.07) is 2.23. The predicted octanol–water partition coefficient (Wildman–Crippen LogP) is 2.24. The van der Waals surface area contributed by atoms with Gasteiger partial charge in [-0.3, -0.25) is 0 Å². The average Bonchev–Trinajstić information content (AvgIpc) is 2.64. The predicted molar refractivity (Wildman–Crippen MR) is 55.2 cm³/mol. The van der Waals surface area contributed by atoms with Gasteiger partial charge >= 0.3 is 0 Å². The molecular weight excluding hydrogens is 284 g/mol. The number of halogens is 3. The lowest BCUT2D eigenvalue weighted by Crippen LogP contribution is -1.98. The van der Waals surface area contributed by atoms with Crippen LogP contribution < -0.4 is 5.73 Å². The van der Waals surface area contributed by atoms with Gasteiger partial charge in [-0.2, -0.15) is 4.98 Å². The maximum atomic E-state index is 13.5. The molecule has 0 aliphatic carbocycles. The lowest BCUT2D eigenvalue weighted by Gasteiger charge is -2.00. The van der Waals surface area contributed by atoms with E-state index in [0.29, 0.717) is 4.47 Å². The third-order valence-electron chi connectivity index (χ3n) is 1.87. The summed E-state index contributed by atoms with van der Waals surface area (Å²) in [5.41, 5.74) is 4.91. The number of benzene rings is 1. The van der Waals surface area contributed by atoms with Crippen molar-refractivity contribution in [3.63, 3.8) is 0 Å². The van der Waals surface area contributed by atoms with Crippen LogP contribution in [-0.4, -0.2) is 10.1 Å². The highest BCUT2D eigenvalue weighted by Crippen LogP contribution is 2.27. The van der Waals surface area contributed by atoms with Crippen molar-refractivity contribution in [1.29, 1.82) is 0 Å². The van der Waals surface area contributed by atoms with Gasteiger partial charge in [0, 0.05) is 4.47 Å². The Bertz CT molecular complexity index is 506. The fourth-order valence-electron chi connectivity index (χ4n) is 1.18. The van der Waals surface area contributed by atoms with Crippen molar-refractivity contribution in [2.75, 3.05) is 0 Å². The largest absolute Gasteiger partial charge is 0.334 e. The number of rotatable bonds is 2. The van der Waals surface area contributed by atoms with Gasteiger partial charge < -0.3 is 10.3 Å². The molecule has 0 atom stereocenters. The van der Waals surface area contributed by atoms with Crippen LogP contribution in [0.4, 0.5) is 8.78 Å². The fourth-order valence-corrected chi connectivity index (χ4v) is 1.59. The normalized spacial score (nSPS) is 10.8. The monoisotopic (exact) mass is 289 g/mol. The van der Waals surface area contributed by atoms with Crippen LogP contribution in [0.1, 0.15) is 5.82 Å². The topological polar surface area (TPSA) is 64.9 Å². The highest BCUT2D eigenvalue weighted by Gasteiger charge is 2.18. The summed E-state index contributed by atoms with van der Waals surface area (Å²) in [6.45, 7) is 0.0449. The Morgan fingerprint density at radius 3 is 2.44 bits per heavy atom. The summed E-state index contributed by atoms with van der Waals surface area (Å²) in [6.07, 6.45) is 0. The quantitative estimate of drug-likeness (QED) is 0.921. The first-order valence-corrected chi connectivity index (χ1v) is 5.08. The van der Waals surface area contributed by atoms with Crippen LogP contribution in [0.25, 0.3) is 11.5 Å². The second-order valence-corrected chi connectivity index (χ2v) is 3.88. The molecule has 2 N–H and O–H groups in total. The number of hydrogen-bond donors (Lipinski definition) is 1. The first-order valence-electron chi connectivity index (χ1n) is 4.29. The zero-order chi connectivity index (χ0) is 11.7. The average molecular weight is 290 g/mol. The lowest BCUT2D eigenvalue weighted by molar-refractivity contribution is 0.417. The standard InChI is InChI=1S/C9H6BrF2N3O/c10-4-1-5(11)8(6(12)2-4)9-14-7(3-13)15-16-9/h1-2H,3,13H2. The fraction of sp³-hybridized carbons (Fsp3) is 0.111. The third kappa shape index (κ3) is 1.96. The lowest BCUT2D eigenvalue weighted by atomic mass is 10.2. The highest BCUT2D eigenvalue weighted by molar-refractivity contribution is 9.10. The summed E-state index contributed by atoms with van der Waals surface area (Å²) in [4.78, 5) is 3.75. The molecule has 0 fully saturated rings. The summed E-state index contributed by atoms with van der Waals surface area (Å²) in [7, 11) is 0. The minimum atomic E-state index is -0.779. The van der Waals surface area contributed by atoms with Gasteiger partial charge in [-0.25, -0.2) is 8.78 Å². The van der Waals surface area contributed by atoms with E-state index in [4.69, 9.17) is 10.3 Å². The number of aromatic nitrogens is 2. The van der Waals surface area contributed by atoms with Crippen molar-refractivity contribution >= 4 is 15.9 Å². The van der Waals surface area contributed by atoms with Crippen LogP contribution in [0.5, 0.6) is 0 Å². The molecule has 1 aromatic heterocycles. The molecule has 2 rings (SSSR count). The van der Waals surface area contributed by atoms with Gasteiger partial charge in [-0.1, -0.05) is 21.1 Å². The second-order valence-electron chi connectivity index (χ2n) is 2.96. The first-order chi connectivity index (χ1) is 7.61. The third-order valence-corrected chi connectivity index (χ3v) is 2.33. The molecule has 2 aromatic rings. The van der Waals surface area contributed by atoms with Crippen LogP contribution >= 0.6 is 15.9 Å². The number of hydrogen-bond acceptors (Lipinski definition) is 4. The minimum absolute atomic E-state index is 0.0449. The molecule has 7 heteroatoms. The van der Waals surface area contributed by atoms with Crippen molar-refractivity contribution < 1.29 is 13.3 Å². The van der Waals surface area contributed by atoms with E-state index in [2.05, 4.69) is 26.1 Å². The van der Waals surface area contributed by atoms with Gasteiger partial charge in [0.05, 0.1) is 6.54 Å². The molecule has 0 saturated carbocycles. The van der Waals surface area contributed by atoms with E-state index in [0.717, 1.165) is 12.1 Å². The van der Waals surface area contributed by atoms with Crippen molar-refractivity contribution in [3.05, 3.63) is 34.1 Å². The van der Waals surface area contributed by atoms with Crippen molar-refractivity contribution in [3.8, 4) is 11.5 Å². The smallest absolute Gasteiger partial charge is 0.263 e. The molecule has 0 unspecified atom stereocenters. The zero-order valence-corrected chi connectivity index (χ0v) is 9.46. The molecule has 84 valence electrons. The van der Waals surface area contributed by atoms with Gasteiger partial charge in [0.1, 0.15) is 17.2 Å². The van der Waals surface area contributed by atoms with E-state index < -0.39 is 11.6 Å². The van der Waals surface area contributed by atoms with E-state index >= 15 is 0 Å². The minimum Gasteiger partial charge on any atom is -0.334 e. The molecule has 0 aliphatic rings. The molecule has 4 nitrogen and oxygen atoms in total. The van der Waals surface area contributed by atoms with Gasteiger partial charge in [0.15, 0.2) is 5.82 Å². The summed E-state index contributed by atoms with van der Waals surface area (Å²) < 4.78 is 32.0. The summed E-state index contributed by atoms with van der Waals surface area (Å²) in [5.74, 6) is -1.59. The van der Waals surface area contributed by atoms with Crippen LogP contribution in [0.15, 0.2) is 21.1 Å². The van der Waals surface area contributed by atoms with Gasteiger partial charge in [0.25, 0.3) is 5.89 Å². The van der Waals surface area contributed by atoms with E-state index in [9.17, 15) is 8.78 Å². The molecule has 0 bridgehead atoms. The Morgan fingerprint density at radius 1 is 1.31 bits per heavy atom. The number of nitrogens with two attached hydrogens (primary N) is 1. The molecule has 0 saturated heterocycles. The summed E-state index contributed by atoms with van der Waals surface area (Å²) >= 11 is 2.97. The van der Waals surface area contributed by atoms with E-state index in [1.54, 1.807) is 0 Å². The highest BCUT2D eigenvalue weighted by atomic mass is 79.9. The first kappa shape index (κ1) is 11.2. The molecule has 1 heterocycles. The maximum absolute atomic E-state index is 13.5. The number of nitrogens with zero attached hydrogens (tertiary/aromatic N) is 2. The Hall–Kier alpha value is -1.34. The van der Waals surface area contributed by atoms with Crippen molar-refractivity contribution in [1.82, 2.24) is 10.1 Å². The second kappa shape index (κ2) is 4.26. The Balaban J connectivity index is 2.55. The molecular formula is C9H6BrF2N3O. The van der Waals surface area contributed by atoms with E-state index in [1.165, 1.54) is 0 Å². The van der Waals surface area contributed by atoms with Crippen LogP contribution in [0, 0.1) is 11.6 Å². The van der Waals surface area contributed by atoms with E-state index in [-0.39, 0.29) is 23.8 Å². The van der Waals surface area contributed by atoms with E-state index in [1.807, 2.05) is 0 Å².